The van der Waals surface area contributed by atoms with Gasteiger partial charge in [-0.2, -0.15) is 8.42 Å². The molecular weight excluding hydrogens is 177 g/mol. The predicted molar refractivity (Wildman–Crippen MR) is 19.8 cm³/mol. The van der Waals surface area contributed by atoms with Crippen molar-refractivity contribution in [3.05, 3.63) is 0 Å². The number of hydrogen-bond donors (Lipinski definition) is 0. The van der Waals surface area contributed by atoms with Gasteiger partial charge in [-0.15, -0.1) is 0 Å². The van der Waals surface area contributed by atoms with Crippen molar-refractivity contribution < 1.29 is 44.3 Å². The van der Waals surface area contributed by atoms with Crippen LogP contribution in [0, 0.1) is 0 Å². The molecule has 0 aliphatic heterocycles. The second-order valence-corrected chi connectivity index (χ2v) is 0.204. The molecule has 0 aliphatic carbocycles. The Kier molecular flexibility index (Phi) is 793. The summed E-state index contributed by atoms with van der Waals surface area (Å²) in [6.07, 6.45) is 0. The van der Waals surface area contributed by atoms with E-state index in [1.165, 1.54) is 0 Å². The van der Waals surface area contributed by atoms with Gasteiger partial charge in [0.2, 0.25) is 0 Å². The molecule has 0 atom stereocenters. The first-order valence-corrected chi connectivity index (χ1v) is 1.00. The molecule has 7 heavy (non-hydrogen) atoms. The van der Waals surface area contributed by atoms with Gasteiger partial charge in [-0.3, -0.25) is 0 Å². The van der Waals surface area contributed by atoms with Gasteiger partial charge in [0.05, 0.1) is 0 Å². The maximum Gasteiger partial charge on any atom is 0.335 e. The van der Waals surface area contributed by atoms with Crippen molar-refractivity contribution in [2.45, 2.75) is 0 Å². The second-order valence-electron chi connectivity index (χ2n) is 0.0680. The Morgan fingerprint density at radius 3 is 0.857 bits per heavy atom. The molecule has 0 bridgehead atoms. The van der Waals surface area contributed by atoms with Gasteiger partial charge in [0.25, 0.3) is 0 Å². The minimum atomic E-state index is -0.750. The zero-order chi connectivity index (χ0) is 2.71. The molecule has 0 aliphatic rings. The molecule has 0 aromatic rings. The topological polar surface area (TPSA) is 129 Å². The monoisotopic (exact) mass is 182 g/mol. The molecule has 0 amide bonds. The van der Waals surface area contributed by atoms with Crippen molar-refractivity contribution in [2.24, 2.45) is 0 Å². The summed E-state index contributed by atoms with van der Waals surface area (Å²) in [5, 5.41) is 0. The van der Waals surface area contributed by atoms with Crippen LogP contribution in [-0.4, -0.2) is 24.8 Å². The molecule has 44 valence electrons. The molecule has 5 nitrogen and oxygen atoms in total. The summed E-state index contributed by atoms with van der Waals surface area (Å²) in [5.41, 5.74) is 0. The van der Waals surface area contributed by atoms with E-state index in [0.29, 0.717) is 0 Å². The van der Waals surface area contributed by atoms with Crippen molar-refractivity contribution in [1.82, 2.24) is 0 Å². The maximum absolute atomic E-state index is 8.29. The molecule has 7 heteroatoms. The van der Waals surface area contributed by atoms with Gasteiger partial charge in [-0.1, -0.05) is 0 Å². The van der Waals surface area contributed by atoms with E-state index in [1.54, 1.807) is 0 Å². The molecule has 0 saturated carbocycles. The van der Waals surface area contributed by atoms with Crippen LogP contribution in [0.4, 0.5) is 0 Å². The van der Waals surface area contributed by atoms with Crippen molar-refractivity contribution >= 4 is 11.6 Å². The molecule has 0 fully saturated rings. The van der Waals surface area contributed by atoms with Gasteiger partial charge < -0.3 is 16.4 Å². The maximum atomic E-state index is 8.29. The van der Waals surface area contributed by atoms with Gasteiger partial charge in [0.15, 0.2) is 0 Å². The fourth-order valence-corrected chi connectivity index (χ4v) is 0. The molecular formula is H6O5SZn. The largest absolute Gasteiger partial charge is 0.412 e. The minimum Gasteiger partial charge on any atom is -0.412 e. The van der Waals surface area contributed by atoms with Crippen LogP contribution in [0.2, 0.25) is 0 Å². The molecule has 0 radical (unpaired) electrons. The normalized spacial score (nSPS) is 1.71. The van der Waals surface area contributed by atoms with E-state index < -0.39 is 11.6 Å². The van der Waals surface area contributed by atoms with E-state index >= 15 is 0 Å². The first-order valence-electron chi connectivity index (χ1n) is 0.333. The third-order valence-electron chi connectivity index (χ3n) is 0. The summed E-state index contributed by atoms with van der Waals surface area (Å²) in [6, 6.07) is 0. The summed E-state index contributed by atoms with van der Waals surface area (Å²) in [7, 11) is 0. The van der Waals surface area contributed by atoms with Crippen LogP contribution in [0.15, 0.2) is 0 Å². The first-order chi connectivity index (χ1) is 1.41. The van der Waals surface area contributed by atoms with Gasteiger partial charge in [0, 0.05) is 19.5 Å². The summed E-state index contributed by atoms with van der Waals surface area (Å²) >= 11 is -0.750. The average Bonchev–Trinajstić information content (AvgIpc) is 0.918. The Hall–Kier alpha value is 0.323. The summed E-state index contributed by atoms with van der Waals surface area (Å²) < 4.78 is 16.6. The van der Waals surface area contributed by atoms with Gasteiger partial charge in [-0.05, 0) is 0 Å². The van der Waals surface area contributed by atoms with Crippen molar-refractivity contribution in [3.63, 3.8) is 0 Å². The first kappa shape index (κ1) is 54.2. The van der Waals surface area contributed by atoms with Crippen LogP contribution in [0.25, 0.3) is 0 Å². The number of hydrogen-bond acceptors (Lipinski definition) is 2. The quantitative estimate of drug-likeness (QED) is 0.368. The van der Waals surface area contributed by atoms with Crippen LogP contribution in [0.1, 0.15) is 0 Å². The number of rotatable bonds is 0. The predicted octanol–water partition coefficient (Wildman–Crippen LogP) is -3.15. The van der Waals surface area contributed by atoms with E-state index in [0.717, 1.165) is 0 Å². The summed E-state index contributed by atoms with van der Waals surface area (Å²) in [5.74, 6) is 0. The zero-order valence-corrected chi connectivity index (χ0v) is 7.22. The molecule has 0 unspecified atom stereocenters. The minimum absolute atomic E-state index is 0. The fraction of sp³-hybridized carbons (Fsp3) is 0. The third-order valence-corrected chi connectivity index (χ3v) is 0. The Morgan fingerprint density at radius 1 is 0.857 bits per heavy atom. The van der Waals surface area contributed by atoms with E-state index in [-0.39, 0.29) is 35.9 Å². The summed E-state index contributed by atoms with van der Waals surface area (Å²) in [4.78, 5) is 0. The molecule has 0 rings (SSSR count). The van der Waals surface area contributed by atoms with Crippen LogP contribution in [-0.2, 0) is 31.0 Å². The SMILES string of the molecule is O.O.O.O=S=O.[Zn]. The van der Waals surface area contributed by atoms with Gasteiger partial charge in [0.1, 0.15) is 0 Å². The Morgan fingerprint density at radius 2 is 0.857 bits per heavy atom. The second kappa shape index (κ2) is 102. The Balaban J connectivity index is -0.00000000333. The molecule has 6 N–H and O–H groups in total. The van der Waals surface area contributed by atoms with Crippen LogP contribution in [0.5, 0.6) is 0 Å². The van der Waals surface area contributed by atoms with E-state index in [9.17, 15) is 0 Å². The average molecular weight is 184 g/mol. The van der Waals surface area contributed by atoms with Crippen LogP contribution >= 0.6 is 0 Å². The van der Waals surface area contributed by atoms with E-state index in [1.807, 2.05) is 0 Å². The Labute approximate surface area is 56.4 Å². The molecule has 0 heterocycles. The third kappa shape index (κ3) is 1130. The smallest absolute Gasteiger partial charge is 0.335 e. The zero-order valence-electron chi connectivity index (χ0n) is 3.43. The van der Waals surface area contributed by atoms with Gasteiger partial charge >= 0.3 is 11.6 Å². The fourth-order valence-electron chi connectivity index (χ4n) is 0. The van der Waals surface area contributed by atoms with E-state index in [4.69, 9.17) is 8.42 Å². The van der Waals surface area contributed by atoms with Crippen molar-refractivity contribution in [3.8, 4) is 0 Å². The van der Waals surface area contributed by atoms with Crippen LogP contribution in [0.3, 0.4) is 0 Å². The molecule has 0 aromatic carbocycles. The van der Waals surface area contributed by atoms with Gasteiger partial charge in [-0.25, -0.2) is 0 Å². The van der Waals surface area contributed by atoms with E-state index in [2.05, 4.69) is 0 Å². The molecule has 0 aromatic heterocycles. The Bertz CT molecular complexity index is 29.1. The van der Waals surface area contributed by atoms with Crippen LogP contribution < -0.4 is 0 Å². The van der Waals surface area contributed by atoms with Crippen molar-refractivity contribution in [2.75, 3.05) is 0 Å². The standard InChI is InChI=1S/O2S.3H2O.Zn/c1-3-2;;;;/h;3*1H2;. The molecule has 0 spiro atoms. The molecule has 0 saturated heterocycles. The summed E-state index contributed by atoms with van der Waals surface area (Å²) in [6.45, 7) is 0. The van der Waals surface area contributed by atoms with Crippen molar-refractivity contribution in [1.29, 1.82) is 0 Å².